The van der Waals surface area contributed by atoms with Crippen LogP contribution in [0.4, 0.5) is 4.79 Å². The predicted octanol–water partition coefficient (Wildman–Crippen LogP) is 1.91. The quantitative estimate of drug-likeness (QED) is 0.770. The molecule has 0 saturated carbocycles. The molecule has 0 fully saturated rings. The van der Waals surface area contributed by atoms with Crippen LogP contribution in [0, 0.1) is 0 Å². The molecule has 0 aromatic heterocycles. The maximum atomic E-state index is 11.2. The lowest BCUT2D eigenvalue weighted by molar-refractivity contribution is 0.0709. The zero-order chi connectivity index (χ0) is 11.1. The minimum atomic E-state index is -0.479. The third kappa shape index (κ3) is 4.46. The molecule has 1 rings (SSSR count). The molecular weight excluding hydrogens is 194 g/mol. The van der Waals surface area contributed by atoms with Gasteiger partial charge in [0.15, 0.2) is 0 Å². The van der Waals surface area contributed by atoms with E-state index in [0.29, 0.717) is 0 Å². The van der Waals surface area contributed by atoms with Crippen molar-refractivity contribution in [3.05, 3.63) is 35.9 Å². The summed E-state index contributed by atoms with van der Waals surface area (Å²) in [7, 11) is 1.52. The van der Waals surface area contributed by atoms with E-state index in [2.05, 4.69) is 5.32 Å². The van der Waals surface area contributed by atoms with Gasteiger partial charge < -0.3 is 9.47 Å². The highest BCUT2D eigenvalue weighted by atomic mass is 16.6. The number of carbonyl (C=O) groups excluding carboxylic acids is 1. The first kappa shape index (κ1) is 11.5. The molecule has 0 aliphatic rings. The smallest absolute Gasteiger partial charge is 0.409 e. The first-order valence-electron chi connectivity index (χ1n) is 4.72. The molecule has 0 saturated heterocycles. The molecule has 0 bridgehead atoms. The summed E-state index contributed by atoms with van der Waals surface area (Å²) in [5.74, 6) is 0. The Kier molecular flexibility index (Phi) is 4.63. The molecule has 0 heterocycles. The van der Waals surface area contributed by atoms with Crippen LogP contribution >= 0.6 is 0 Å². The van der Waals surface area contributed by atoms with Crippen LogP contribution in [-0.4, -0.2) is 19.4 Å². The van der Waals surface area contributed by atoms with Crippen molar-refractivity contribution in [3.63, 3.8) is 0 Å². The van der Waals surface area contributed by atoms with Gasteiger partial charge in [-0.05, 0) is 12.5 Å². The van der Waals surface area contributed by atoms with Gasteiger partial charge in [-0.3, -0.25) is 5.32 Å². The number of nitrogens with one attached hydrogen (secondary N) is 1. The summed E-state index contributed by atoms with van der Waals surface area (Å²) in [6.45, 7) is 1.99. The number of rotatable bonds is 4. The molecule has 0 aliphatic carbocycles. The van der Waals surface area contributed by atoms with Crippen LogP contribution in [0.1, 0.15) is 12.5 Å². The minimum absolute atomic E-state index is 0.267. The van der Waals surface area contributed by atoms with E-state index in [-0.39, 0.29) is 12.8 Å². The van der Waals surface area contributed by atoms with Crippen molar-refractivity contribution in [3.8, 4) is 0 Å². The molecule has 1 atom stereocenters. The second-order valence-electron chi connectivity index (χ2n) is 3.08. The zero-order valence-electron chi connectivity index (χ0n) is 8.90. The molecule has 0 aliphatic heterocycles. The van der Waals surface area contributed by atoms with Gasteiger partial charge in [0, 0.05) is 7.11 Å². The number of alkyl carbamates (subject to hydrolysis) is 1. The van der Waals surface area contributed by atoms with E-state index in [9.17, 15) is 4.79 Å². The summed E-state index contributed by atoms with van der Waals surface area (Å²) in [6, 6.07) is 9.50. The lowest BCUT2D eigenvalue weighted by atomic mass is 10.2. The van der Waals surface area contributed by atoms with Crippen LogP contribution in [0.5, 0.6) is 0 Å². The molecule has 4 heteroatoms. The van der Waals surface area contributed by atoms with Crippen molar-refractivity contribution in [2.75, 3.05) is 7.11 Å². The van der Waals surface area contributed by atoms with Crippen LogP contribution in [0.15, 0.2) is 30.3 Å². The van der Waals surface area contributed by atoms with Gasteiger partial charge in [-0.2, -0.15) is 0 Å². The Labute approximate surface area is 89.2 Å². The van der Waals surface area contributed by atoms with E-state index in [1.807, 2.05) is 30.3 Å². The predicted molar refractivity (Wildman–Crippen MR) is 56.2 cm³/mol. The lowest BCUT2D eigenvalue weighted by Gasteiger charge is -2.11. The Hall–Kier alpha value is -1.55. The minimum Gasteiger partial charge on any atom is -0.445 e. The van der Waals surface area contributed by atoms with E-state index in [0.717, 1.165) is 5.56 Å². The number of hydrogen-bond donors (Lipinski definition) is 1. The molecule has 1 N–H and O–H groups in total. The Bertz CT molecular complexity index is 300. The summed E-state index contributed by atoms with van der Waals surface area (Å²) in [5.41, 5.74) is 0.956. The van der Waals surface area contributed by atoms with Crippen molar-refractivity contribution >= 4 is 6.09 Å². The summed E-state index contributed by atoms with van der Waals surface area (Å²) >= 11 is 0. The van der Waals surface area contributed by atoms with Gasteiger partial charge in [0.1, 0.15) is 12.8 Å². The normalized spacial score (nSPS) is 11.9. The molecule has 1 aromatic rings. The van der Waals surface area contributed by atoms with Gasteiger partial charge in [-0.25, -0.2) is 4.79 Å². The molecule has 0 radical (unpaired) electrons. The summed E-state index contributed by atoms with van der Waals surface area (Å²) in [5, 5.41) is 2.52. The lowest BCUT2D eigenvalue weighted by Crippen LogP contribution is -2.34. The van der Waals surface area contributed by atoms with Crippen molar-refractivity contribution in [1.29, 1.82) is 0 Å². The van der Waals surface area contributed by atoms with Gasteiger partial charge in [0.05, 0.1) is 0 Å². The number of amides is 1. The fourth-order valence-corrected chi connectivity index (χ4v) is 0.990. The molecule has 1 amide bonds. The highest BCUT2D eigenvalue weighted by Gasteiger charge is 2.06. The van der Waals surface area contributed by atoms with Crippen LogP contribution in [0.3, 0.4) is 0 Å². The van der Waals surface area contributed by atoms with E-state index in [4.69, 9.17) is 9.47 Å². The fraction of sp³-hybridized carbons (Fsp3) is 0.364. The highest BCUT2D eigenvalue weighted by Crippen LogP contribution is 2.00. The Morgan fingerprint density at radius 2 is 2.07 bits per heavy atom. The number of hydrogen-bond acceptors (Lipinski definition) is 3. The summed E-state index contributed by atoms with van der Waals surface area (Å²) < 4.78 is 9.83. The third-order valence-corrected chi connectivity index (χ3v) is 1.89. The average molecular weight is 209 g/mol. The first-order valence-corrected chi connectivity index (χ1v) is 4.72. The Balaban J connectivity index is 2.29. The first-order chi connectivity index (χ1) is 7.22. The van der Waals surface area contributed by atoms with Gasteiger partial charge in [-0.15, -0.1) is 0 Å². The molecule has 15 heavy (non-hydrogen) atoms. The third-order valence-electron chi connectivity index (χ3n) is 1.89. The summed E-state index contributed by atoms with van der Waals surface area (Å²) in [4.78, 5) is 11.2. The van der Waals surface area contributed by atoms with Gasteiger partial charge in [0.2, 0.25) is 0 Å². The van der Waals surface area contributed by atoms with Crippen molar-refractivity contribution < 1.29 is 14.3 Å². The van der Waals surface area contributed by atoms with E-state index < -0.39 is 6.09 Å². The second kappa shape index (κ2) is 6.03. The second-order valence-corrected chi connectivity index (χ2v) is 3.08. The number of carbonyl (C=O) groups is 1. The fourth-order valence-electron chi connectivity index (χ4n) is 0.990. The highest BCUT2D eigenvalue weighted by molar-refractivity contribution is 5.67. The average Bonchev–Trinajstić information content (AvgIpc) is 2.27. The van der Waals surface area contributed by atoms with E-state index in [1.54, 1.807) is 6.92 Å². The molecular formula is C11H15NO3. The zero-order valence-corrected chi connectivity index (χ0v) is 8.90. The SMILES string of the molecule is COC(C)NC(=O)OCc1ccccc1. The van der Waals surface area contributed by atoms with Gasteiger partial charge in [0.25, 0.3) is 0 Å². The number of ether oxygens (including phenoxy) is 2. The van der Waals surface area contributed by atoms with Crippen molar-refractivity contribution in [1.82, 2.24) is 5.32 Å². The molecule has 1 unspecified atom stereocenters. The molecule has 0 spiro atoms. The van der Waals surface area contributed by atoms with Crippen molar-refractivity contribution in [2.24, 2.45) is 0 Å². The number of benzene rings is 1. The van der Waals surface area contributed by atoms with Crippen LogP contribution in [-0.2, 0) is 16.1 Å². The standard InChI is InChI=1S/C11H15NO3/c1-9(14-2)12-11(13)15-8-10-6-4-3-5-7-10/h3-7,9H,8H2,1-2H3,(H,12,13). The van der Waals surface area contributed by atoms with Crippen LogP contribution < -0.4 is 5.32 Å². The molecule has 82 valence electrons. The molecule has 1 aromatic carbocycles. The van der Waals surface area contributed by atoms with Crippen LogP contribution in [0.25, 0.3) is 0 Å². The largest absolute Gasteiger partial charge is 0.445 e. The summed E-state index contributed by atoms with van der Waals surface area (Å²) in [6.07, 6.45) is -0.818. The Morgan fingerprint density at radius 3 is 2.67 bits per heavy atom. The maximum absolute atomic E-state index is 11.2. The van der Waals surface area contributed by atoms with Crippen LogP contribution in [0.2, 0.25) is 0 Å². The Morgan fingerprint density at radius 1 is 1.40 bits per heavy atom. The topological polar surface area (TPSA) is 47.6 Å². The number of methoxy groups -OCH3 is 1. The maximum Gasteiger partial charge on any atom is 0.409 e. The molecule has 4 nitrogen and oxygen atoms in total. The van der Waals surface area contributed by atoms with Crippen molar-refractivity contribution in [2.45, 2.75) is 19.8 Å². The van der Waals surface area contributed by atoms with Gasteiger partial charge >= 0.3 is 6.09 Å². The van der Waals surface area contributed by atoms with Gasteiger partial charge in [-0.1, -0.05) is 30.3 Å². The van der Waals surface area contributed by atoms with E-state index in [1.165, 1.54) is 7.11 Å². The van der Waals surface area contributed by atoms with E-state index >= 15 is 0 Å². The monoisotopic (exact) mass is 209 g/mol.